The first-order valence-electron chi connectivity index (χ1n) is 3.37. The number of rotatable bonds is 3. The lowest BCUT2D eigenvalue weighted by atomic mass is 10.2. The van der Waals surface area contributed by atoms with Crippen molar-refractivity contribution in [3.63, 3.8) is 0 Å². The second-order valence-electron chi connectivity index (χ2n) is 2.27. The lowest BCUT2D eigenvalue weighted by molar-refractivity contribution is 0.265. The minimum Gasteiger partial charge on any atom is -0.482 e. The summed E-state index contributed by atoms with van der Waals surface area (Å²) in [6.45, 7) is -0.0658. The number of methoxy groups -OCH3 is 1. The van der Waals surface area contributed by atoms with E-state index in [9.17, 15) is 0 Å². The fourth-order valence-corrected chi connectivity index (χ4v) is 0.825. The van der Waals surface area contributed by atoms with E-state index in [0.717, 1.165) is 5.69 Å². The van der Waals surface area contributed by atoms with Crippen LogP contribution in [0.2, 0.25) is 0 Å². The normalized spacial score (nSPS) is 13.0. The van der Waals surface area contributed by atoms with Gasteiger partial charge in [0.15, 0.2) is 5.88 Å². The number of aromatic nitrogens is 1. The van der Waals surface area contributed by atoms with Gasteiger partial charge >= 0.3 is 0 Å². The fourth-order valence-electron chi connectivity index (χ4n) is 0.825. The van der Waals surface area contributed by atoms with E-state index in [2.05, 4.69) is 4.98 Å². The van der Waals surface area contributed by atoms with Crippen molar-refractivity contribution in [2.45, 2.75) is 6.04 Å². The van der Waals surface area contributed by atoms with Crippen molar-refractivity contribution in [1.82, 2.24) is 4.98 Å². The quantitative estimate of drug-likeness (QED) is 0.577. The van der Waals surface area contributed by atoms with Gasteiger partial charge in [0.05, 0.1) is 19.8 Å². The highest BCUT2D eigenvalue weighted by molar-refractivity contribution is 5.20. The first-order chi connectivity index (χ1) is 5.27. The van der Waals surface area contributed by atoms with Crippen LogP contribution in [0.4, 0.5) is 0 Å². The summed E-state index contributed by atoms with van der Waals surface area (Å²) in [5.74, 6) is 0.656. The largest absolute Gasteiger partial charge is 0.482 e. The lowest BCUT2D eigenvalue weighted by Gasteiger charge is -2.03. The minimum atomic E-state index is -0.348. The van der Waals surface area contributed by atoms with Gasteiger partial charge in [0.1, 0.15) is 0 Å². The van der Waals surface area contributed by atoms with Gasteiger partial charge in [-0.3, -0.25) is 0 Å². The molecule has 1 atom stereocenters. The number of nitrogens with two attached hydrogens (primary N) is 1. The van der Waals surface area contributed by atoms with Gasteiger partial charge in [0.25, 0.3) is 0 Å². The van der Waals surface area contributed by atoms with E-state index in [-0.39, 0.29) is 12.6 Å². The van der Waals surface area contributed by atoms with Gasteiger partial charge in [-0.15, -0.1) is 0 Å². The van der Waals surface area contributed by atoms with Crippen molar-refractivity contribution in [2.75, 3.05) is 13.7 Å². The van der Waals surface area contributed by atoms with Crippen molar-refractivity contribution in [3.05, 3.63) is 17.8 Å². The smallest absolute Gasteiger partial charge is 0.190 e. The van der Waals surface area contributed by atoms with Gasteiger partial charge in [-0.2, -0.15) is 0 Å². The van der Waals surface area contributed by atoms with Gasteiger partial charge in [0, 0.05) is 5.69 Å². The third-order valence-electron chi connectivity index (χ3n) is 1.50. The van der Waals surface area contributed by atoms with Crippen molar-refractivity contribution in [3.8, 4) is 5.88 Å². The van der Waals surface area contributed by atoms with Crippen LogP contribution in [-0.4, -0.2) is 23.8 Å². The summed E-state index contributed by atoms with van der Waals surface area (Å²) in [4.78, 5) is 2.91. The summed E-state index contributed by atoms with van der Waals surface area (Å²) < 4.78 is 4.90. The van der Waals surface area contributed by atoms with Crippen LogP contribution in [0.25, 0.3) is 0 Å². The predicted molar refractivity (Wildman–Crippen MR) is 41.4 cm³/mol. The average molecular weight is 156 g/mol. The van der Waals surface area contributed by atoms with E-state index in [1.54, 1.807) is 19.2 Å². The predicted octanol–water partition coefficient (Wildman–Crippen LogP) is 0.0154. The van der Waals surface area contributed by atoms with E-state index in [1.165, 1.54) is 0 Å². The molecule has 1 aromatic heterocycles. The Morgan fingerprint density at radius 3 is 2.91 bits per heavy atom. The number of aromatic amines is 1. The molecule has 0 fully saturated rings. The van der Waals surface area contributed by atoms with E-state index >= 15 is 0 Å². The standard InChI is InChI=1S/C7H12N2O2/c1-11-7-3-2-6(9-7)5(8)4-10/h2-3,5,9-10H,4,8H2,1H3/t5-/m0/s1. The maximum atomic E-state index is 8.68. The fraction of sp³-hybridized carbons (Fsp3) is 0.429. The molecule has 0 saturated heterocycles. The highest BCUT2D eigenvalue weighted by atomic mass is 16.5. The van der Waals surface area contributed by atoms with Crippen LogP contribution in [0.1, 0.15) is 11.7 Å². The highest BCUT2D eigenvalue weighted by Gasteiger charge is 2.05. The second-order valence-corrected chi connectivity index (χ2v) is 2.27. The summed E-state index contributed by atoms with van der Waals surface area (Å²) >= 11 is 0. The number of aliphatic hydroxyl groups is 1. The Labute approximate surface area is 65.0 Å². The topological polar surface area (TPSA) is 71.3 Å². The zero-order chi connectivity index (χ0) is 8.27. The maximum absolute atomic E-state index is 8.68. The molecule has 0 bridgehead atoms. The summed E-state index contributed by atoms with van der Waals surface area (Å²) in [5.41, 5.74) is 6.31. The van der Waals surface area contributed by atoms with Gasteiger partial charge in [-0.1, -0.05) is 0 Å². The number of hydrogen-bond acceptors (Lipinski definition) is 3. The van der Waals surface area contributed by atoms with Gasteiger partial charge < -0.3 is 20.6 Å². The SMILES string of the molecule is COc1ccc([C@@H](N)CO)[nH]1. The van der Waals surface area contributed by atoms with E-state index in [1.807, 2.05) is 0 Å². The van der Waals surface area contributed by atoms with E-state index in [0.29, 0.717) is 5.88 Å². The van der Waals surface area contributed by atoms with Gasteiger partial charge in [-0.05, 0) is 12.1 Å². The number of nitrogens with one attached hydrogen (secondary N) is 1. The average Bonchev–Trinajstić information content (AvgIpc) is 2.50. The highest BCUT2D eigenvalue weighted by Crippen LogP contribution is 2.13. The molecule has 0 unspecified atom stereocenters. The molecule has 1 rings (SSSR count). The Morgan fingerprint density at radius 1 is 1.73 bits per heavy atom. The molecule has 0 saturated carbocycles. The molecular formula is C7H12N2O2. The first-order valence-corrected chi connectivity index (χ1v) is 3.37. The molecule has 4 heteroatoms. The molecule has 4 nitrogen and oxygen atoms in total. The Hall–Kier alpha value is -1.00. The van der Waals surface area contributed by atoms with Crippen molar-refractivity contribution in [2.24, 2.45) is 5.73 Å². The molecule has 4 N–H and O–H groups in total. The van der Waals surface area contributed by atoms with Crippen LogP contribution < -0.4 is 10.5 Å². The molecule has 0 aliphatic heterocycles. The third kappa shape index (κ3) is 1.72. The van der Waals surface area contributed by atoms with Crippen LogP contribution in [0.15, 0.2) is 12.1 Å². The Morgan fingerprint density at radius 2 is 2.45 bits per heavy atom. The zero-order valence-electron chi connectivity index (χ0n) is 6.37. The molecule has 1 heterocycles. The zero-order valence-corrected chi connectivity index (χ0v) is 6.37. The molecule has 62 valence electrons. The maximum Gasteiger partial charge on any atom is 0.190 e. The number of hydrogen-bond donors (Lipinski definition) is 3. The number of aliphatic hydroxyl groups excluding tert-OH is 1. The summed E-state index contributed by atoms with van der Waals surface area (Å²) in [6, 6.07) is 3.21. The molecular weight excluding hydrogens is 144 g/mol. The molecule has 0 amide bonds. The number of H-pyrrole nitrogens is 1. The molecule has 0 spiro atoms. The van der Waals surface area contributed by atoms with Crippen LogP contribution >= 0.6 is 0 Å². The molecule has 0 aliphatic rings. The summed E-state index contributed by atoms with van der Waals surface area (Å²) in [7, 11) is 1.57. The first kappa shape index (κ1) is 8.10. The van der Waals surface area contributed by atoms with Crippen molar-refractivity contribution >= 4 is 0 Å². The monoisotopic (exact) mass is 156 g/mol. The summed E-state index contributed by atoms with van der Waals surface area (Å²) in [6.07, 6.45) is 0. The van der Waals surface area contributed by atoms with E-state index in [4.69, 9.17) is 15.6 Å². The van der Waals surface area contributed by atoms with Gasteiger partial charge in [-0.25, -0.2) is 0 Å². The third-order valence-corrected chi connectivity index (χ3v) is 1.50. The Bertz CT molecular complexity index is 222. The van der Waals surface area contributed by atoms with Crippen LogP contribution in [0, 0.1) is 0 Å². The van der Waals surface area contributed by atoms with Crippen molar-refractivity contribution in [1.29, 1.82) is 0 Å². The molecule has 0 aliphatic carbocycles. The lowest BCUT2D eigenvalue weighted by Crippen LogP contribution is -2.14. The van der Waals surface area contributed by atoms with Crippen LogP contribution in [-0.2, 0) is 0 Å². The summed E-state index contributed by atoms with van der Waals surface area (Å²) in [5, 5.41) is 8.68. The second kappa shape index (κ2) is 3.41. The molecule has 11 heavy (non-hydrogen) atoms. The van der Waals surface area contributed by atoms with Gasteiger partial charge in [0.2, 0.25) is 0 Å². The molecule has 0 radical (unpaired) electrons. The van der Waals surface area contributed by atoms with E-state index < -0.39 is 0 Å². The minimum absolute atomic E-state index is 0.0658. The Kier molecular flexibility index (Phi) is 2.51. The Balaban J connectivity index is 2.71. The van der Waals surface area contributed by atoms with Crippen LogP contribution in [0.3, 0.4) is 0 Å². The van der Waals surface area contributed by atoms with Crippen LogP contribution in [0.5, 0.6) is 5.88 Å². The van der Waals surface area contributed by atoms with Crippen molar-refractivity contribution < 1.29 is 9.84 Å². The molecule has 0 aromatic carbocycles. The number of ether oxygens (including phenoxy) is 1. The molecule has 1 aromatic rings.